The summed E-state index contributed by atoms with van der Waals surface area (Å²) >= 11 is 6.32. The van der Waals surface area contributed by atoms with Crippen molar-refractivity contribution in [2.24, 2.45) is 0 Å². The van der Waals surface area contributed by atoms with E-state index in [2.05, 4.69) is 88.4 Å². The largest absolute Gasteiger partial charge is 0.495 e. The van der Waals surface area contributed by atoms with Crippen molar-refractivity contribution in [3.05, 3.63) is 120 Å². The molecule has 0 bridgehead atoms. The molecule has 332 valence electrons. The molecular weight excluding hydrogens is 802 g/mol. The molecule has 0 atom stereocenters. The highest BCUT2D eigenvalue weighted by Gasteiger charge is 2.20. The quantitative estimate of drug-likeness (QED) is 0.0812. The summed E-state index contributed by atoms with van der Waals surface area (Å²) in [4.78, 5) is 13.9. The van der Waals surface area contributed by atoms with Crippen LogP contribution in [-0.2, 0) is 17.8 Å². The molecule has 13 nitrogen and oxygen atoms in total. The molecule has 0 saturated carbocycles. The van der Waals surface area contributed by atoms with Gasteiger partial charge in [-0.15, -0.1) is 10.2 Å². The lowest BCUT2D eigenvalue weighted by atomic mass is 10.2. The van der Waals surface area contributed by atoms with Gasteiger partial charge in [0.25, 0.3) is 0 Å². The third kappa shape index (κ3) is 14.3. The Labute approximate surface area is 373 Å². The van der Waals surface area contributed by atoms with Gasteiger partial charge in [-0.25, -0.2) is 0 Å². The van der Waals surface area contributed by atoms with Gasteiger partial charge in [0, 0.05) is 72.0 Å². The van der Waals surface area contributed by atoms with Crippen LogP contribution in [0.1, 0.15) is 36.8 Å². The van der Waals surface area contributed by atoms with E-state index in [0.29, 0.717) is 6.54 Å². The van der Waals surface area contributed by atoms with E-state index in [9.17, 15) is 0 Å². The lowest BCUT2D eigenvalue weighted by molar-refractivity contribution is 0.0342. The zero-order valence-corrected chi connectivity index (χ0v) is 37.2. The number of morpholine rings is 1. The lowest BCUT2D eigenvalue weighted by Gasteiger charge is -2.36. The maximum Gasteiger partial charge on any atom is 0.162 e. The fourth-order valence-electron chi connectivity index (χ4n) is 8.10. The number of nitrogens with zero attached hydrogens (tertiary/aromatic N) is 9. The van der Waals surface area contributed by atoms with Crippen LogP contribution in [0.25, 0.3) is 0 Å². The molecule has 3 aliphatic heterocycles. The van der Waals surface area contributed by atoms with E-state index >= 15 is 0 Å². The molecule has 0 spiro atoms. The zero-order chi connectivity index (χ0) is 42.6. The first-order valence-corrected chi connectivity index (χ1v) is 22.7. The average Bonchev–Trinajstić information content (AvgIpc) is 3.84. The van der Waals surface area contributed by atoms with Crippen LogP contribution in [0.15, 0.2) is 103 Å². The summed E-state index contributed by atoms with van der Waals surface area (Å²) in [5.74, 6) is 2.84. The van der Waals surface area contributed by atoms with Gasteiger partial charge in [0.2, 0.25) is 0 Å². The molecule has 3 fully saturated rings. The first-order valence-electron chi connectivity index (χ1n) is 22.4. The second-order valence-electron chi connectivity index (χ2n) is 16.0. The minimum absolute atomic E-state index is 0.615. The van der Waals surface area contributed by atoms with E-state index in [1.165, 1.54) is 24.0 Å². The summed E-state index contributed by atoms with van der Waals surface area (Å²) in [5, 5.41) is 12.4. The molecule has 14 heteroatoms. The minimum atomic E-state index is 0.615. The van der Waals surface area contributed by atoms with Gasteiger partial charge in [-0.3, -0.25) is 14.7 Å². The topological polar surface area (TPSA) is 96.7 Å². The van der Waals surface area contributed by atoms with Gasteiger partial charge in [0.15, 0.2) is 6.33 Å². The van der Waals surface area contributed by atoms with Crippen molar-refractivity contribution in [2.75, 3.05) is 122 Å². The van der Waals surface area contributed by atoms with Crippen molar-refractivity contribution < 1.29 is 18.9 Å². The van der Waals surface area contributed by atoms with E-state index in [1.54, 1.807) is 11.9 Å². The molecule has 4 aromatic carbocycles. The first-order chi connectivity index (χ1) is 30.6. The highest BCUT2D eigenvalue weighted by molar-refractivity contribution is 6.33. The number of ether oxygens (including phenoxy) is 4. The number of hydrogen-bond donors (Lipinski definition) is 0. The summed E-state index contributed by atoms with van der Waals surface area (Å²) in [5.41, 5.74) is 4.82. The maximum atomic E-state index is 6.32. The molecule has 0 aliphatic carbocycles. The Morgan fingerprint density at radius 3 is 1.65 bits per heavy atom. The summed E-state index contributed by atoms with van der Waals surface area (Å²) in [6.45, 7) is 17.6. The van der Waals surface area contributed by atoms with E-state index in [1.807, 2.05) is 48.5 Å². The van der Waals surface area contributed by atoms with E-state index in [0.717, 1.165) is 164 Å². The van der Waals surface area contributed by atoms with Crippen LogP contribution in [0.3, 0.4) is 0 Å². The van der Waals surface area contributed by atoms with Crippen LogP contribution in [-0.4, -0.2) is 147 Å². The average molecular weight is 867 g/mol. The Bertz CT molecular complexity index is 1980. The van der Waals surface area contributed by atoms with Crippen LogP contribution in [0.4, 0.5) is 11.4 Å². The number of unbranched alkanes of at least 4 members (excludes halogenated alkanes) is 2. The van der Waals surface area contributed by atoms with E-state index in [-0.39, 0.29) is 0 Å². The summed E-state index contributed by atoms with van der Waals surface area (Å²) < 4.78 is 22.8. The number of methoxy groups -OCH3 is 1. The van der Waals surface area contributed by atoms with Gasteiger partial charge >= 0.3 is 0 Å². The molecule has 5 aromatic rings. The Morgan fingerprint density at radius 2 is 1.10 bits per heavy atom. The van der Waals surface area contributed by atoms with Crippen molar-refractivity contribution in [1.82, 2.24) is 34.9 Å². The molecule has 8 rings (SSSR count). The molecule has 0 amide bonds. The van der Waals surface area contributed by atoms with Crippen molar-refractivity contribution in [3.63, 3.8) is 0 Å². The maximum absolute atomic E-state index is 6.32. The van der Waals surface area contributed by atoms with Crippen LogP contribution in [0.2, 0.25) is 5.02 Å². The van der Waals surface area contributed by atoms with Crippen molar-refractivity contribution in [2.45, 2.75) is 38.8 Å². The molecule has 0 unspecified atom stereocenters. The van der Waals surface area contributed by atoms with Gasteiger partial charge in [-0.05, 0) is 104 Å². The molecule has 3 saturated heterocycles. The molecule has 0 radical (unpaired) electrons. The SMILES string of the molecule is COc1ccccc1N1CCN(CCCCOc2ccc(CN3CCOCC3)cc2)CC1.Clc1ccccc1N1CCN(CCCCOc2ccc(Cn3ncnn3)cc2)CC1. The standard InChI is InChI=1S/C26H37N3O3.C22H27ClN6O/c1-30-26-7-3-2-6-25(26)29-15-13-27(14-16-29)12-4-5-19-32-24-10-8-23(9-11-24)22-28-17-20-31-21-18-28;23-21-5-1-2-6-22(21)28-14-12-27(13-15-28)11-3-4-16-30-20-9-7-19(8-10-20)17-29-25-18-24-26-29/h2-3,6-11H,4-5,12-22H2,1H3;1-2,5-10,18H,3-4,11-17H2. The Balaban J connectivity index is 0.000000187. The van der Waals surface area contributed by atoms with Crippen LogP contribution < -0.4 is 24.0 Å². The molecule has 3 aliphatic rings. The van der Waals surface area contributed by atoms with Crippen LogP contribution in [0, 0.1) is 0 Å². The molecule has 62 heavy (non-hydrogen) atoms. The molecule has 4 heterocycles. The second-order valence-corrected chi connectivity index (χ2v) is 16.4. The van der Waals surface area contributed by atoms with Gasteiger partial charge in [0.05, 0.1) is 56.5 Å². The normalized spacial score (nSPS) is 16.4. The number of piperazine rings is 2. The number of benzene rings is 4. The molecule has 1 aromatic heterocycles. The number of hydrogen-bond acceptors (Lipinski definition) is 12. The first kappa shape index (κ1) is 45.1. The third-order valence-electron chi connectivity index (χ3n) is 11.7. The summed E-state index contributed by atoms with van der Waals surface area (Å²) in [6.07, 6.45) is 5.89. The van der Waals surface area contributed by atoms with Crippen molar-refractivity contribution >= 4 is 23.0 Å². The van der Waals surface area contributed by atoms with Gasteiger partial charge in [-0.2, -0.15) is 4.80 Å². The monoisotopic (exact) mass is 865 g/mol. The molecule has 0 N–H and O–H groups in total. The minimum Gasteiger partial charge on any atom is -0.495 e. The number of para-hydroxylation sites is 3. The number of tetrazole rings is 1. The highest BCUT2D eigenvalue weighted by atomic mass is 35.5. The Kier molecular flexibility index (Phi) is 17.9. The molecular formula is C48H64ClN9O4. The fraction of sp³-hybridized carbons (Fsp3) is 0.479. The van der Waals surface area contributed by atoms with Gasteiger partial charge < -0.3 is 28.7 Å². The van der Waals surface area contributed by atoms with Crippen molar-refractivity contribution in [1.29, 1.82) is 0 Å². The Morgan fingerprint density at radius 1 is 0.565 bits per heavy atom. The zero-order valence-electron chi connectivity index (χ0n) is 36.4. The summed E-state index contributed by atoms with van der Waals surface area (Å²) in [6, 6.07) is 33.1. The van der Waals surface area contributed by atoms with Crippen molar-refractivity contribution in [3.8, 4) is 17.2 Å². The lowest BCUT2D eigenvalue weighted by Crippen LogP contribution is -2.46. The number of aromatic nitrogens is 4. The third-order valence-corrected chi connectivity index (χ3v) is 12.0. The number of anilines is 2. The highest BCUT2D eigenvalue weighted by Crippen LogP contribution is 2.29. The van der Waals surface area contributed by atoms with E-state index in [4.69, 9.17) is 30.5 Å². The van der Waals surface area contributed by atoms with Gasteiger partial charge in [0.1, 0.15) is 17.2 Å². The smallest absolute Gasteiger partial charge is 0.162 e. The van der Waals surface area contributed by atoms with E-state index < -0.39 is 0 Å². The van der Waals surface area contributed by atoms with Crippen LogP contribution >= 0.6 is 11.6 Å². The van der Waals surface area contributed by atoms with Gasteiger partial charge in [-0.1, -0.05) is 60.1 Å². The Hall–Kier alpha value is -4.92. The number of halogens is 1. The number of rotatable bonds is 19. The second kappa shape index (κ2) is 24.6. The fourth-order valence-corrected chi connectivity index (χ4v) is 8.36. The predicted octanol–water partition coefficient (Wildman–Crippen LogP) is 6.86. The van der Waals surface area contributed by atoms with Crippen LogP contribution in [0.5, 0.6) is 17.2 Å². The summed E-state index contributed by atoms with van der Waals surface area (Å²) in [7, 11) is 1.75. The predicted molar refractivity (Wildman–Crippen MR) is 247 cm³/mol.